The number of rotatable bonds is 5. The molecule has 3 aromatic carbocycles. The predicted molar refractivity (Wildman–Crippen MR) is 117 cm³/mol. The van der Waals surface area contributed by atoms with E-state index >= 15 is 0 Å². The summed E-state index contributed by atoms with van der Waals surface area (Å²) in [7, 11) is 3.35. The molecular formula is C24H22ClNO2. The van der Waals surface area contributed by atoms with E-state index in [0.717, 1.165) is 23.5 Å². The van der Waals surface area contributed by atoms with Crippen molar-refractivity contribution >= 4 is 23.2 Å². The summed E-state index contributed by atoms with van der Waals surface area (Å²) in [5, 5.41) is 2.45. The second kappa shape index (κ2) is 8.77. The summed E-state index contributed by atoms with van der Waals surface area (Å²) in [5.74, 6) is 1.63. The Hall–Kier alpha value is -3.04. The Morgan fingerprint density at radius 3 is 2.11 bits per heavy atom. The average Bonchev–Trinajstić information content (AvgIpc) is 2.74. The number of aromatic nitrogens is 1. The van der Waals surface area contributed by atoms with Gasteiger partial charge in [0.25, 0.3) is 0 Å². The van der Waals surface area contributed by atoms with E-state index in [1.165, 1.54) is 27.5 Å². The highest BCUT2D eigenvalue weighted by atomic mass is 35.5. The molecule has 28 heavy (non-hydrogen) atoms. The van der Waals surface area contributed by atoms with Crippen LogP contribution in [0.15, 0.2) is 79.1 Å². The quantitative estimate of drug-likeness (QED) is 0.422. The molecule has 0 bridgehead atoms. The van der Waals surface area contributed by atoms with Crippen LogP contribution in [0.2, 0.25) is 0 Å². The summed E-state index contributed by atoms with van der Waals surface area (Å²) in [5.41, 5.74) is 4.73. The topological polar surface area (TPSA) is 31.4 Å². The third-order valence-corrected chi connectivity index (χ3v) is 4.79. The molecule has 1 aromatic heterocycles. The number of fused-ring (bicyclic) bond motifs is 1. The fraction of sp³-hybridized carbons (Fsp3) is 0.125. The van der Waals surface area contributed by atoms with Crippen LogP contribution < -0.4 is 9.47 Å². The zero-order valence-corrected chi connectivity index (χ0v) is 16.7. The fourth-order valence-corrected chi connectivity index (χ4v) is 3.34. The van der Waals surface area contributed by atoms with Gasteiger partial charge in [0, 0.05) is 11.8 Å². The fourth-order valence-electron chi connectivity index (χ4n) is 3.34. The van der Waals surface area contributed by atoms with E-state index in [1.807, 2.05) is 24.4 Å². The normalized spacial score (nSPS) is 10.4. The molecule has 0 aliphatic rings. The van der Waals surface area contributed by atoms with Crippen molar-refractivity contribution in [2.45, 2.75) is 6.42 Å². The first-order valence-electron chi connectivity index (χ1n) is 8.91. The molecule has 0 unspecified atom stereocenters. The van der Waals surface area contributed by atoms with Gasteiger partial charge >= 0.3 is 0 Å². The van der Waals surface area contributed by atoms with E-state index in [2.05, 4.69) is 53.5 Å². The highest BCUT2D eigenvalue weighted by molar-refractivity contribution is 5.89. The molecular weight excluding hydrogens is 370 g/mol. The Labute approximate surface area is 171 Å². The van der Waals surface area contributed by atoms with Crippen LogP contribution in [0.3, 0.4) is 0 Å². The molecule has 0 atom stereocenters. The largest absolute Gasteiger partial charge is 0.497 e. The maximum Gasteiger partial charge on any atom is 0.137 e. The van der Waals surface area contributed by atoms with Crippen molar-refractivity contribution < 1.29 is 9.47 Å². The van der Waals surface area contributed by atoms with E-state index in [1.54, 1.807) is 20.4 Å². The van der Waals surface area contributed by atoms with Gasteiger partial charge in [-0.1, -0.05) is 42.5 Å². The molecule has 4 heteroatoms. The number of pyridine rings is 1. The number of nitrogens with zero attached hydrogens (tertiary/aromatic N) is 1. The van der Waals surface area contributed by atoms with Crippen LogP contribution in [-0.2, 0) is 6.42 Å². The number of hydrogen-bond acceptors (Lipinski definition) is 3. The Bertz CT molecular complexity index is 1080. The zero-order valence-electron chi connectivity index (χ0n) is 15.9. The SMILES string of the molecule is COc1ccc(Cc2cc3ccccc3cc2-c2cncc(OC)c2)cc1.Cl. The van der Waals surface area contributed by atoms with Gasteiger partial charge in [-0.3, -0.25) is 4.98 Å². The molecule has 3 nitrogen and oxygen atoms in total. The molecule has 0 fully saturated rings. The Morgan fingerprint density at radius 1 is 0.750 bits per heavy atom. The van der Waals surface area contributed by atoms with Crippen molar-refractivity contribution in [1.82, 2.24) is 4.98 Å². The number of ether oxygens (including phenoxy) is 2. The van der Waals surface area contributed by atoms with Crippen LogP contribution in [-0.4, -0.2) is 19.2 Å². The summed E-state index contributed by atoms with van der Waals surface area (Å²) >= 11 is 0. The standard InChI is InChI=1S/C24H21NO2.ClH/c1-26-22-9-7-17(8-10-22)11-20-12-18-5-3-4-6-19(18)14-24(20)21-13-23(27-2)16-25-15-21;/h3-10,12-16H,11H2,1-2H3;1H. The number of halogens is 1. The minimum absolute atomic E-state index is 0. The van der Waals surface area contributed by atoms with Gasteiger partial charge in [-0.2, -0.15) is 0 Å². The minimum Gasteiger partial charge on any atom is -0.497 e. The van der Waals surface area contributed by atoms with Gasteiger partial charge in [0.1, 0.15) is 11.5 Å². The molecule has 4 rings (SSSR count). The molecule has 0 aliphatic carbocycles. The summed E-state index contributed by atoms with van der Waals surface area (Å²) in [6, 6.07) is 23.2. The van der Waals surface area contributed by atoms with Gasteiger partial charge in [0.15, 0.2) is 0 Å². The van der Waals surface area contributed by atoms with Crippen molar-refractivity contribution in [3.8, 4) is 22.6 Å². The van der Waals surface area contributed by atoms with Crippen LogP contribution >= 0.6 is 12.4 Å². The first kappa shape index (κ1) is 19.7. The van der Waals surface area contributed by atoms with Crippen molar-refractivity contribution in [3.05, 3.63) is 90.3 Å². The zero-order chi connectivity index (χ0) is 18.6. The van der Waals surface area contributed by atoms with Crippen molar-refractivity contribution in [1.29, 1.82) is 0 Å². The van der Waals surface area contributed by atoms with Crippen LogP contribution in [0, 0.1) is 0 Å². The summed E-state index contributed by atoms with van der Waals surface area (Å²) in [4.78, 5) is 4.34. The molecule has 0 spiro atoms. The minimum atomic E-state index is 0. The first-order valence-corrected chi connectivity index (χ1v) is 8.91. The van der Waals surface area contributed by atoms with E-state index in [9.17, 15) is 0 Å². The van der Waals surface area contributed by atoms with Crippen molar-refractivity contribution in [2.75, 3.05) is 14.2 Å². The molecule has 1 heterocycles. The molecule has 142 valence electrons. The lowest BCUT2D eigenvalue weighted by Gasteiger charge is -2.13. The molecule has 0 saturated carbocycles. The summed E-state index contributed by atoms with van der Waals surface area (Å²) in [6.45, 7) is 0. The lowest BCUT2D eigenvalue weighted by molar-refractivity contribution is 0.413. The van der Waals surface area contributed by atoms with Crippen LogP contribution in [0.4, 0.5) is 0 Å². The van der Waals surface area contributed by atoms with Crippen molar-refractivity contribution in [2.24, 2.45) is 0 Å². The Morgan fingerprint density at radius 2 is 1.43 bits per heavy atom. The lowest BCUT2D eigenvalue weighted by atomic mass is 9.92. The monoisotopic (exact) mass is 391 g/mol. The molecule has 4 aromatic rings. The number of methoxy groups -OCH3 is 2. The Balaban J connectivity index is 0.00000225. The first-order chi connectivity index (χ1) is 13.3. The van der Waals surface area contributed by atoms with Crippen molar-refractivity contribution in [3.63, 3.8) is 0 Å². The van der Waals surface area contributed by atoms with Gasteiger partial charge in [0.2, 0.25) is 0 Å². The summed E-state index contributed by atoms with van der Waals surface area (Å²) in [6.07, 6.45) is 4.46. The number of hydrogen-bond donors (Lipinski definition) is 0. The molecule has 0 N–H and O–H groups in total. The molecule has 0 amide bonds. The van der Waals surface area contributed by atoms with Crippen LogP contribution in [0.25, 0.3) is 21.9 Å². The maximum absolute atomic E-state index is 5.37. The van der Waals surface area contributed by atoms with Crippen LogP contribution in [0.5, 0.6) is 11.5 Å². The van der Waals surface area contributed by atoms with Gasteiger partial charge in [-0.25, -0.2) is 0 Å². The van der Waals surface area contributed by atoms with Crippen LogP contribution in [0.1, 0.15) is 11.1 Å². The average molecular weight is 392 g/mol. The highest BCUT2D eigenvalue weighted by Gasteiger charge is 2.10. The van der Waals surface area contributed by atoms with Gasteiger partial charge in [-0.05, 0) is 58.1 Å². The summed E-state index contributed by atoms with van der Waals surface area (Å²) < 4.78 is 10.6. The molecule has 0 radical (unpaired) electrons. The predicted octanol–water partition coefficient (Wildman–Crippen LogP) is 5.93. The van der Waals surface area contributed by atoms with E-state index < -0.39 is 0 Å². The smallest absolute Gasteiger partial charge is 0.137 e. The third kappa shape index (κ3) is 4.10. The third-order valence-electron chi connectivity index (χ3n) is 4.79. The second-order valence-electron chi connectivity index (χ2n) is 6.49. The van der Waals surface area contributed by atoms with Gasteiger partial charge in [-0.15, -0.1) is 12.4 Å². The van der Waals surface area contributed by atoms with Gasteiger partial charge < -0.3 is 9.47 Å². The molecule has 0 aliphatic heterocycles. The lowest BCUT2D eigenvalue weighted by Crippen LogP contribution is -1.95. The maximum atomic E-state index is 5.37. The second-order valence-corrected chi connectivity index (χ2v) is 6.49. The number of benzene rings is 3. The van der Waals surface area contributed by atoms with Gasteiger partial charge in [0.05, 0.1) is 20.4 Å². The Kier molecular flexibility index (Phi) is 6.17. The van der Waals surface area contributed by atoms with E-state index in [-0.39, 0.29) is 12.4 Å². The van der Waals surface area contributed by atoms with E-state index in [4.69, 9.17) is 9.47 Å². The van der Waals surface area contributed by atoms with E-state index in [0.29, 0.717) is 0 Å². The highest BCUT2D eigenvalue weighted by Crippen LogP contribution is 2.32. The molecule has 0 saturated heterocycles.